The van der Waals surface area contributed by atoms with Gasteiger partial charge >= 0.3 is 0 Å². The molecule has 1 rings (SSSR count). The van der Waals surface area contributed by atoms with Crippen LogP contribution in [0.25, 0.3) is 0 Å². The second-order valence-corrected chi connectivity index (χ2v) is 4.33. The van der Waals surface area contributed by atoms with Gasteiger partial charge in [-0.1, -0.05) is 6.92 Å². The number of hydrogen-bond acceptors (Lipinski definition) is 3. The molecule has 0 N–H and O–H groups in total. The van der Waals surface area contributed by atoms with Crippen molar-refractivity contribution in [2.75, 3.05) is 0 Å². The topological polar surface area (TPSA) is 72.6 Å². The maximum atomic E-state index is 11.6. The molecule has 0 aromatic heterocycles. The van der Waals surface area contributed by atoms with Gasteiger partial charge in [-0.25, -0.2) is 4.21 Å². The van der Waals surface area contributed by atoms with Crippen LogP contribution in [0.5, 0.6) is 0 Å². The highest BCUT2D eigenvalue weighted by Gasteiger charge is 2.12. The van der Waals surface area contributed by atoms with E-state index in [-0.39, 0.29) is 5.69 Å². The van der Waals surface area contributed by atoms with E-state index in [0.717, 1.165) is 0 Å². The molecule has 0 aliphatic rings. The van der Waals surface area contributed by atoms with Crippen molar-refractivity contribution in [2.24, 2.45) is 4.40 Å². The van der Waals surface area contributed by atoms with Gasteiger partial charge in [0.05, 0.1) is 9.82 Å². The summed E-state index contributed by atoms with van der Waals surface area (Å²) in [6.45, 7) is 3.50. The Hall–Kier alpha value is -1.56. The molecule has 86 valence electrons. The van der Waals surface area contributed by atoms with Crippen molar-refractivity contribution in [3.63, 3.8) is 0 Å². The molecule has 0 amide bonds. The summed E-state index contributed by atoms with van der Waals surface area (Å²) in [5.74, 6) is 0. The molecule has 0 aliphatic carbocycles. The Bertz CT molecular complexity index is 457. The molecular weight excluding hydrogens is 228 g/mol. The lowest BCUT2D eigenvalue weighted by Gasteiger charge is -1.99. The van der Waals surface area contributed by atoms with Gasteiger partial charge in [0.25, 0.3) is 5.69 Å². The second kappa shape index (κ2) is 5.50. The van der Waals surface area contributed by atoms with E-state index in [4.69, 9.17) is 0 Å². The van der Waals surface area contributed by atoms with Gasteiger partial charge in [0.15, 0.2) is 11.0 Å². The normalized spacial score (nSPS) is 12.9. The van der Waals surface area contributed by atoms with Crippen molar-refractivity contribution in [1.82, 2.24) is 0 Å². The number of aryl methyl sites for hydroxylation is 1. The molecule has 1 aromatic rings. The number of nitro groups is 1. The third-order valence-electron chi connectivity index (χ3n) is 1.92. The van der Waals surface area contributed by atoms with Crippen LogP contribution in [-0.4, -0.2) is 15.3 Å². The Morgan fingerprint density at radius 1 is 1.56 bits per heavy atom. The van der Waals surface area contributed by atoms with E-state index in [9.17, 15) is 14.3 Å². The third kappa shape index (κ3) is 2.96. The minimum Gasteiger partial charge on any atom is -0.258 e. The Balaban J connectivity index is 3.01. The Labute approximate surface area is 95.9 Å². The fraction of sp³-hybridized carbons (Fsp3) is 0.300. The predicted molar refractivity (Wildman–Crippen MR) is 63.0 cm³/mol. The van der Waals surface area contributed by atoms with Crippen molar-refractivity contribution in [1.29, 1.82) is 0 Å². The summed E-state index contributed by atoms with van der Waals surface area (Å²) < 4.78 is 15.4. The zero-order valence-corrected chi connectivity index (χ0v) is 9.86. The van der Waals surface area contributed by atoms with Crippen LogP contribution in [-0.2, 0) is 11.0 Å². The van der Waals surface area contributed by atoms with Gasteiger partial charge in [0, 0.05) is 17.8 Å². The van der Waals surface area contributed by atoms with Gasteiger partial charge in [0.1, 0.15) is 0 Å². The minimum absolute atomic E-state index is 0.0280. The summed E-state index contributed by atoms with van der Waals surface area (Å²) in [6, 6.07) is 4.35. The zero-order chi connectivity index (χ0) is 12.1. The first-order valence-electron chi connectivity index (χ1n) is 4.75. The molecule has 0 saturated carbocycles. The lowest BCUT2D eigenvalue weighted by atomic mass is 10.2. The van der Waals surface area contributed by atoms with Crippen molar-refractivity contribution < 1.29 is 9.13 Å². The van der Waals surface area contributed by atoms with Crippen molar-refractivity contribution >= 4 is 22.9 Å². The molecular formula is C10H12N2O3S. The first-order chi connectivity index (χ1) is 7.56. The zero-order valence-electron chi connectivity index (χ0n) is 9.04. The number of benzene rings is 1. The molecule has 0 aliphatic heterocycles. The molecule has 0 bridgehead atoms. The Morgan fingerprint density at radius 3 is 2.75 bits per heavy atom. The van der Waals surface area contributed by atoms with E-state index >= 15 is 0 Å². The summed E-state index contributed by atoms with van der Waals surface area (Å²) in [5.41, 5.74) is 0.516. The molecule has 0 spiro atoms. The van der Waals surface area contributed by atoms with Crippen molar-refractivity contribution in [2.45, 2.75) is 25.2 Å². The van der Waals surface area contributed by atoms with Crippen LogP contribution in [0.4, 0.5) is 5.69 Å². The van der Waals surface area contributed by atoms with Crippen LogP contribution >= 0.6 is 0 Å². The molecule has 1 unspecified atom stereocenters. The van der Waals surface area contributed by atoms with Crippen LogP contribution in [0.1, 0.15) is 18.9 Å². The minimum atomic E-state index is -1.47. The molecule has 0 radical (unpaired) electrons. The summed E-state index contributed by atoms with van der Waals surface area (Å²) in [4.78, 5) is 10.6. The van der Waals surface area contributed by atoms with Gasteiger partial charge in [-0.15, -0.1) is 0 Å². The summed E-state index contributed by atoms with van der Waals surface area (Å²) >= 11 is 0. The van der Waals surface area contributed by atoms with Gasteiger partial charge in [-0.05, 0) is 25.5 Å². The van der Waals surface area contributed by atoms with E-state index in [1.807, 2.05) is 6.92 Å². The fourth-order valence-electron chi connectivity index (χ4n) is 1.14. The average Bonchev–Trinajstić information content (AvgIpc) is 2.25. The SMILES string of the molecule is CCC=NS(=O)c1ccc([N+](=O)[O-])c(C)c1. The van der Waals surface area contributed by atoms with Crippen LogP contribution < -0.4 is 0 Å². The van der Waals surface area contributed by atoms with Crippen LogP contribution in [0, 0.1) is 17.0 Å². The van der Waals surface area contributed by atoms with E-state index < -0.39 is 15.9 Å². The first-order valence-corrected chi connectivity index (χ1v) is 5.86. The van der Waals surface area contributed by atoms with Crippen molar-refractivity contribution in [3.05, 3.63) is 33.9 Å². The lowest BCUT2D eigenvalue weighted by molar-refractivity contribution is -0.385. The number of hydrogen-bond donors (Lipinski definition) is 0. The predicted octanol–water partition coefficient (Wildman–Crippen LogP) is 2.41. The van der Waals surface area contributed by atoms with Crippen LogP contribution in [0.2, 0.25) is 0 Å². The lowest BCUT2D eigenvalue weighted by Crippen LogP contribution is -1.94. The summed E-state index contributed by atoms with van der Waals surface area (Å²) in [6.07, 6.45) is 2.27. The monoisotopic (exact) mass is 240 g/mol. The average molecular weight is 240 g/mol. The molecule has 1 atom stereocenters. The number of nitro benzene ring substituents is 1. The molecule has 1 aromatic carbocycles. The molecule has 0 fully saturated rings. The Kier molecular flexibility index (Phi) is 4.30. The van der Waals surface area contributed by atoms with Gasteiger partial charge in [0.2, 0.25) is 0 Å². The van der Waals surface area contributed by atoms with Gasteiger partial charge in [-0.2, -0.15) is 4.40 Å². The smallest absolute Gasteiger partial charge is 0.258 e. The van der Waals surface area contributed by atoms with Crippen molar-refractivity contribution in [3.8, 4) is 0 Å². The van der Waals surface area contributed by atoms with Crippen LogP contribution in [0.15, 0.2) is 27.5 Å². The number of rotatable bonds is 4. The maximum absolute atomic E-state index is 11.6. The highest BCUT2D eigenvalue weighted by atomic mass is 32.2. The first kappa shape index (κ1) is 12.5. The summed E-state index contributed by atoms with van der Waals surface area (Å²) in [5, 5.41) is 10.6. The highest BCUT2D eigenvalue weighted by molar-refractivity contribution is 7.83. The van der Waals surface area contributed by atoms with E-state index in [2.05, 4.69) is 4.40 Å². The largest absolute Gasteiger partial charge is 0.272 e. The molecule has 6 heteroatoms. The molecule has 5 nitrogen and oxygen atoms in total. The molecule has 16 heavy (non-hydrogen) atoms. The molecule has 0 heterocycles. The highest BCUT2D eigenvalue weighted by Crippen LogP contribution is 2.20. The van der Waals surface area contributed by atoms with E-state index in [1.165, 1.54) is 18.2 Å². The third-order valence-corrected chi connectivity index (χ3v) is 2.92. The number of nitrogens with zero attached hydrogens (tertiary/aromatic N) is 2. The Morgan fingerprint density at radius 2 is 2.25 bits per heavy atom. The standard InChI is InChI=1S/C10H12N2O3S/c1-3-6-11-16(15)9-4-5-10(12(13)14)8(2)7-9/h4-7H,3H2,1-2H3. The quantitative estimate of drug-likeness (QED) is 0.461. The maximum Gasteiger partial charge on any atom is 0.272 e. The fourth-order valence-corrected chi connectivity index (χ4v) is 2.01. The van der Waals surface area contributed by atoms with Gasteiger partial charge < -0.3 is 0 Å². The summed E-state index contributed by atoms with van der Waals surface area (Å²) in [7, 11) is -1.47. The molecule has 0 saturated heterocycles. The van der Waals surface area contributed by atoms with E-state index in [0.29, 0.717) is 16.9 Å². The van der Waals surface area contributed by atoms with Gasteiger partial charge in [-0.3, -0.25) is 10.1 Å². The second-order valence-electron chi connectivity index (χ2n) is 3.15. The van der Waals surface area contributed by atoms with Crippen LogP contribution in [0.3, 0.4) is 0 Å². The van der Waals surface area contributed by atoms with E-state index in [1.54, 1.807) is 13.1 Å².